The lowest BCUT2D eigenvalue weighted by atomic mass is 9.91. The molecule has 0 N–H and O–H groups in total. The van der Waals surface area contributed by atoms with Gasteiger partial charge in [-0.25, -0.2) is 0 Å². The molecule has 1 atom stereocenters. The minimum Gasteiger partial charge on any atom is -0.446 e. The molecule has 0 saturated carbocycles. The van der Waals surface area contributed by atoms with E-state index < -0.39 is 33.6 Å². The van der Waals surface area contributed by atoms with E-state index in [-0.39, 0.29) is 11.6 Å². The highest BCUT2D eigenvalue weighted by Gasteiger charge is 2.52. The predicted molar refractivity (Wildman–Crippen MR) is 170 cm³/mol. The maximum atomic E-state index is 14.0. The van der Waals surface area contributed by atoms with E-state index in [0.717, 1.165) is 21.5 Å². The van der Waals surface area contributed by atoms with Crippen LogP contribution in [0.2, 0.25) is 5.04 Å². The quantitative estimate of drug-likeness (QED) is 0.102. The Bertz CT molecular complexity index is 1370. The smallest absolute Gasteiger partial charge is 0.372 e. The van der Waals surface area contributed by atoms with Gasteiger partial charge in [0.05, 0.1) is 6.61 Å². The Labute approximate surface area is 250 Å². The zero-order valence-electron chi connectivity index (χ0n) is 24.8. The van der Waals surface area contributed by atoms with Crippen molar-refractivity contribution in [2.24, 2.45) is 0 Å². The van der Waals surface area contributed by atoms with Crippen LogP contribution in [-0.4, -0.2) is 41.0 Å². The highest BCUT2D eigenvalue weighted by molar-refractivity contribution is 7.54. The van der Waals surface area contributed by atoms with Gasteiger partial charge < -0.3 is 18.2 Å². The molecule has 0 bridgehead atoms. The summed E-state index contributed by atoms with van der Waals surface area (Å²) in [5.74, 6) is -2.63. The number of esters is 1. The van der Waals surface area contributed by atoms with Crippen LogP contribution >= 0.6 is 7.60 Å². The molecule has 4 rings (SSSR count). The Morgan fingerprint density at radius 1 is 0.690 bits per heavy atom. The monoisotopic (exact) mass is 602 g/mol. The third-order valence-electron chi connectivity index (χ3n) is 7.47. The summed E-state index contributed by atoms with van der Waals surface area (Å²) in [7, 11) is -4.40. The molecule has 0 amide bonds. The Hall–Kier alpha value is -3.32. The summed E-state index contributed by atoms with van der Waals surface area (Å²) in [4.78, 5) is 14.0. The van der Waals surface area contributed by atoms with Crippen LogP contribution in [-0.2, 0) is 27.6 Å². The van der Waals surface area contributed by atoms with Crippen molar-refractivity contribution in [2.75, 3.05) is 20.8 Å². The summed E-state index contributed by atoms with van der Waals surface area (Å²) in [6.07, 6.45) is 0. The van der Waals surface area contributed by atoms with E-state index in [1.165, 1.54) is 14.2 Å². The second-order valence-electron chi connectivity index (χ2n) is 11.0. The van der Waals surface area contributed by atoms with Crippen LogP contribution in [0.3, 0.4) is 0 Å². The van der Waals surface area contributed by atoms with Crippen LogP contribution in [0.25, 0.3) is 0 Å². The van der Waals surface area contributed by atoms with Crippen molar-refractivity contribution in [2.45, 2.75) is 37.6 Å². The van der Waals surface area contributed by atoms with E-state index in [1.807, 2.05) is 97.1 Å². The first-order chi connectivity index (χ1) is 20.2. The van der Waals surface area contributed by atoms with Gasteiger partial charge in [-0.3, -0.25) is 9.36 Å². The molecule has 4 aromatic rings. The van der Waals surface area contributed by atoms with E-state index in [0.29, 0.717) is 0 Å². The van der Waals surface area contributed by atoms with Gasteiger partial charge in [-0.2, -0.15) is 0 Å². The molecule has 0 spiro atoms. The van der Waals surface area contributed by atoms with Crippen molar-refractivity contribution in [1.82, 2.24) is 0 Å². The van der Waals surface area contributed by atoms with Crippen LogP contribution in [0.1, 0.15) is 37.8 Å². The molecule has 0 radical (unpaired) electrons. The predicted octanol–water partition coefficient (Wildman–Crippen LogP) is 6.75. The summed E-state index contributed by atoms with van der Waals surface area (Å²) >= 11 is 0. The van der Waals surface area contributed by atoms with Gasteiger partial charge in [0.15, 0.2) is 0 Å². The SMILES string of the molecule is COP(=O)(OC)[C@@H](CO[Si](c1ccccc1)(c1ccccc1)C(C)(C)C)OC(=O)C(c1ccccc1)c1ccccc1. The molecule has 4 aromatic carbocycles. The Kier molecular flexibility index (Phi) is 10.4. The maximum absolute atomic E-state index is 14.0. The van der Waals surface area contributed by atoms with Crippen LogP contribution in [0.5, 0.6) is 0 Å². The Morgan fingerprint density at radius 2 is 1.07 bits per heavy atom. The first-order valence-electron chi connectivity index (χ1n) is 13.9. The van der Waals surface area contributed by atoms with Crippen molar-refractivity contribution >= 4 is 32.3 Å². The summed E-state index contributed by atoms with van der Waals surface area (Å²) in [6, 6.07) is 38.9. The van der Waals surface area contributed by atoms with Gasteiger partial charge in [-0.1, -0.05) is 142 Å². The molecule has 220 valence electrons. The fourth-order valence-corrected chi connectivity index (χ4v) is 11.2. The van der Waals surface area contributed by atoms with Gasteiger partial charge in [0.2, 0.25) is 5.85 Å². The van der Waals surface area contributed by atoms with Crippen LogP contribution < -0.4 is 10.4 Å². The van der Waals surface area contributed by atoms with Crippen molar-refractivity contribution in [1.29, 1.82) is 0 Å². The van der Waals surface area contributed by atoms with Gasteiger partial charge >= 0.3 is 13.6 Å². The van der Waals surface area contributed by atoms with E-state index in [2.05, 4.69) is 45.0 Å². The molecule has 0 fully saturated rings. The molecule has 0 unspecified atom stereocenters. The zero-order valence-corrected chi connectivity index (χ0v) is 26.7. The molecule has 0 aromatic heterocycles. The summed E-state index contributed by atoms with van der Waals surface area (Å²) in [6.45, 7) is 6.25. The molecule has 0 heterocycles. The number of ether oxygens (including phenoxy) is 1. The average molecular weight is 603 g/mol. The fraction of sp³-hybridized carbons (Fsp3) is 0.265. The number of hydrogen-bond donors (Lipinski definition) is 0. The van der Waals surface area contributed by atoms with Gasteiger partial charge in [-0.15, -0.1) is 0 Å². The number of rotatable bonds is 12. The van der Waals surface area contributed by atoms with Crippen molar-refractivity contribution in [3.8, 4) is 0 Å². The number of carbonyl (C=O) groups excluding carboxylic acids is 1. The standard InChI is InChI=1S/C34H39O6PSi/c1-34(2,3)42(29-22-14-8-15-23-29,30-24-16-9-17-25-30)39-26-31(41(36,37-4)38-5)40-33(35)32(27-18-10-6-11-19-27)28-20-12-7-13-21-28/h6-25,31-32H,26H2,1-5H3/t31-/m0/s1. The minimum atomic E-state index is -3.94. The largest absolute Gasteiger partial charge is 0.446 e. The van der Waals surface area contributed by atoms with E-state index in [1.54, 1.807) is 0 Å². The van der Waals surface area contributed by atoms with Gasteiger partial charge in [0.1, 0.15) is 5.92 Å². The van der Waals surface area contributed by atoms with Crippen molar-refractivity contribution < 1.29 is 27.6 Å². The normalized spacial score (nSPS) is 13.1. The van der Waals surface area contributed by atoms with Gasteiger partial charge in [0, 0.05) is 14.2 Å². The molecule has 0 saturated heterocycles. The highest BCUT2D eigenvalue weighted by Crippen LogP contribution is 2.53. The van der Waals surface area contributed by atoms with Crippen molar-refractivity contribution in [3.63, 3.8) is 0 Å². The molecule has 0 aliphatic carbocycles. The molecular formula is C34H39O6PSi. The summed E-state index contributed by atoms with van der Waals surface area (Å²) in [5, 5.41) is 1.75. The van der Waals surface area contributed by atoms with Crippen molar-refractivity contribution in [3.05, 3.63) is 132 Å². The van der Waals surface area contributed by atoms with Gasteiger partial charge in [0.25, 0.3) is 8.32 Å². The summed E-state index contributed by atoms with van der Waals surface area (Å²) < 4.78 is 37.8. The number of hydrogen-bond acceptors (Lipinski definition) is 6. The lowest BCUT2D eigenvalue weighted by Crippen LogP contribution is -2.67. The zero-order chi connectivity index (χ0) is 30.2. The van der Waals surface area contributed by atoms with Crippen LogP contribution in [0.15, 0.2) is 121 Å². The average Bonchev–Trinajstić information content (AvgIpc) is 3.02. The second-order valence-corrected chi connectivity index (χ2v) is 17.7. The molecule has 8 heteroatoms. The molecule has 6 nitrogen and oxygen atoms in total. The third kappa shape index (κ3) is 6.67. The molecule has 0 aliphatic heterocycles. The molecule has 42 heavy (non-hydrogen) atoms. The molecular weight excluding hydrogens is 563 g/mol. The van der Waals surface area contributed by atoms with Crippen LogP contribution in [0.4, 0.5) is 0 Å². The Morgan fingerprint density at radius 3 is 1.43 bits per heavy atom. The Balaban J connectivity index is 1.77. The fourth-order valence-electron chi connectivity index (χ4n) is 5.42. The summed E-state index contributed by atoms with van der Waals surface area (Å²) in [5.41, 5.74) is 1.51. The van der Waals surface area contributed by atoms with E-state index in [9.17, 15) is 9.36 Å². The first-order valence-corrected chi connectivity index (χ1v) is 17.4. The van der Waals surface area contributed by atoms with E-state index >= 15 is 0 Å². The highest BCUT2D eigenvalue weighted by atomic mass is 31.2. The lowest BCUT2D eigenvalue weighted by molar-refractivity contribution is -0.148. The number of benzene rings is 4. The molecule has 0 aliphatic rings. The van der Waals surface area contributed by atoms with Gasteiger partial charge in [-0.05, 0) is 26.5 Å². The topological polar surface area (TPSA) is 71.1 Å². The lowest BCUT2D eigenvalue weighted by Gasteiger charge is -2.43. The number of carbonyl (C=O) groups is 1. The third-order valence-corrected chi connectivity index (χ3v) is 14.5. The van der Waals surface area contributed by atoms with Crippen LogP contribution in [0, 0.1) is 0 Å². The maximum Gasteiger partial charge on any atom is 0.372 e. The second kappa shape index (κ2) is 13.8. The van der Waals surface area contributed by atoms with E-state index in [4.69, 9.17) is 18.2 Å². The minimum absolute atomic E-state index is 0.186. The first kappa shape index (κ1) is 31.6.